The molecule has 2 heterocycles. The van der Waals surface area contributed by atoms with E-state index in [4.69, 9.17) is 9.52 Å². The second-order valence-corrected chi connectivity index (χ2v) is 7.74. The molecule has 0 atom stereocenters. The first-order valence-corrected chi connectivity index (χ1v) is 10.0. The van der Waals surface area contributed by atoms with Crippen LogP contribution in [0.2, 0.25) is 0 Å². The number of anilines is 1. The minimum absolute atomic E-state index is 0.154. The Bertz CT molecular complexity index is 1170. The Hall–Kier alpha value is -3.93. The van der Waals surface area contributed by atoms with E-state index in [1.54, 1.807) is 18.2 Å². The van der Waals surface area contributed by atoms with Crippen LogP contribution in [0.15, 0.2) is 81.8 Å². The largest absolute Gasteiger partial charge is 0.478 e. The zero-order valence-corrected chi connectivity index (χ0v) is 17.3. The molecule has 156 valence electrons. The molecule has 0 saturated heterocycles. The van der Waals surface area contributed by atoms with Crippen LogP contribution in [0.4, 0.5) is 5.69 Å². The average Bonchev–Trinajstić information content (AvgIpc) is 3.35. The van der Waals surface area contributed by atoms with Gasteiger partial charge in [0, 0.05) is 5.56 Å². The number of rotatable bonds is 6. The van der Waals surface area contributed by atoms with Gasteiger partial charge >= 0.3 is 5.97 Å². The van der Waals surface area contributed by atoms with Gasteiger partial charge in [0.05, 0.1) is 22.5 Å². The van der Waals surface area contributed by atoms with Gasteiger partial charge in [-0.25, -0.2) is 4.79 Å². The first kappa shape index (κ1) is 20.3. The van der Waals surface area contributed by atoms with Gasteiger partial charge in [0.15, 0.2) is 0 Å². The van der Waals surface area contributed by atoms with Crippen LogP contribution in [-0.2, 0) is 4.79 Å². The Morgan fingerprint density at radius 1 is 1.06 bits per heavy atom. The van der Waals surface area contributed by atoms with E-state index in [0.29, 0.717) is 35.1 Å². The molecule has 0 bridgehead atoms. The zero-order valence-electron chi connectivity index (χ0n) is 17.3. The molecule has 0 saturated carbocycles. The van der Waals surface area contributed by atoms with E-state index in [2.05, 4.69) is 18.9 Å². The third-order valence-electron chi connectivity index (χ3n) is 4.89. The molecule has 1 aromatic heterocycles. The Kier molecular flexibility index (Phi) is 5.54. The van der Waals surface area contributed by atoms with Crippen molar-refractivity contribution >= 4 is 29.4 Å². The number of hydrogen-bond donors (Lipinski definition) is 1. The lowest BCUT2D eigenvalue weighted by Crippen LogP contribution is -2.21. The average molecular weight is 414 g/mol. The van der Waals surface area contributed by atoms with Gasteiger partial charge in [-0.15, -0.1) is 0 Å². The molecule has 31 heavy (non-hydrogen) atoms. The zero-order chi connectivity index (χ0) is 22.0. The molecule has 3 aromatic rings. The Morgan fingerprint density at radius 3 is 2.42 bits per heavy atom. The fraction of sp³-hybridized carbons (Fsp3) is 0.160. The molecule has 6 heteroatoms. The Balaban J connectivity index is 1.66. The number of benzene rings is 2. The van der Waals surface area contributed by atoms with Crippen molar-refractivity contribution in [2.45, 2.75) is 20.3 Å². The van der Waals surface area contributed by atoms with Crippen molar-refractivity contribution in [1.29, 1.82) is 0 Å². The van der Waals surface area contributed by atoms with Gasteiger partial charge in [0.1, 0.15) is 11.5 Å². The minimum Gasteiger partial charge on any atom is -0.478 e. The highest BCUT2D eigenvalue weighted by Gasteiger charge is 2.31. The van der Waals surface area contributed by atoms with Crippen molar-refractivity contribution in [3.63, 3.8) is 0 Å². The first-order chi connectivity index (χ1) is 14.9. The van der Waals surface area contributed by atoms with Gasteiger partial charge in [-0.05, 0) is 54.8 Å². The van der Waals surface area contributed by atoms with Gasteiger partial charge in [-0.1, -0.05) is 44.2 Å². The number of aromatic carboxylic acids is 1. The number of furan rings is 1. The smallest absolute Gasteiger partial charge is 0.335 e. The van der Waals surface area contributed by atoms with Crippen molar-refractivity contribution in [2.24, 2.45) is 11.0 Å². The molecule has 1 amide bonds. The van der Waals surface area contributed by atoms with Crippen LogP contribution >= 0.6 is 0 Å². The van der Waals surface area contributed by atoms with E-state index in [9.17, 15) is 9.59 Å². The summed E-state index contributed by atoms with van der Waals surface area (Å²) in [6.45, 7) is 4.13. The van der Waals surface area contributed by atoms with Gasteiger partial charge < -0.3 is 9.52 Å². The number of hydrazone groups is 1. The number of hydrogen-bond acceptors (Lipinski definition) is 4. The molecule has 0 fully saturated rings. The van der Waals surface area contributed by atoms with Gasteiger partial charge in [-0.2, -0.15) is 10.1 Å². The molecule has 6 nitrogen and oxygen atoms in total. The lowest BCUT2D eigenvalue weighted by molar-refractivity contribution is -0.114. The lowest BCUT2D eigenvalue weighted by atomic mass is 10.00. The summed E-state index contributed by atoms with van der Waals surface area (Å²) in [5.41, 5.74) is 2.79. The molecule has 1 N–H and O–H groups in total. The quantitative estimate of drug-likeness (QED) is 0.542. The topological polar surface area (TPSA) is 83.1 Å². The number of carboxylic acid groups (broad SMARTS) is 1. The van der Waals surface area contributed by atoms with Crippen LogP contribution in [0.5, 0.6) is 0 Å². The van der Waals surface area contributed by atoms with Crippen LogP contribution in [0, 0.1) is 5.92 Å². The van der Waals surface area contributed by atoms with Gasteiger partial charge in [0.2, 0.25) is 0 Å². The predicted octanol–water partition coefficient (Wildman–Crippen LogP) is 5.48. The summed E-state index contributed by atoms with van der Waals surface area (Å²) in [4.78, 5) is 24.3. The summed E-state index contributed by atoms with van der Waals surface area (Å²) in [6, 6.07) is 19.6. The SMILES string of the molecule is CC(C)CC1=NN(c2ccc(C(=O)O)cc2)C(=O)/C1=C\c1ccc(-c2ccccc2)o1. The van der Waals surface area contributed by atoms with Crippen LogP contribution in [0.3, 0.4) is 0 Å². The van der Waals surface area contributed by atoms with E-state index in [1.807, 2.05) is 42.5 Å². The van der Waals surface area contributed by atoms with Crippen molar-refractivity contribution < 1.29 is 19.1 Å². The monoisotopic (exact) mass is 414 g/mol. The third-order valence-corrected chi connectivity index (χ3v) is 4.89. The molecular formula is C25H22N2O4. The van der Waals surface area contributed by atoms with Gasteiger partial charge in [0.25, 0.3) is 5.91 Å². The molecule has 4 rings (SSSR count). The second kappa shape index (κ2) is 8.44. The first-order valence-electron chi connectivity index (χ1n) is 10.0. The molecule has 0 radical (unpaired) electrons. The summed E-state index contributed by atoms with van der Waals surface area (Å²) in [5.74, 6) is 0.316. The molecule has 0 aliphatic carbocycles. The standard InChI is InChI=1S/C25H22N2O4/c1-16(2)14-22-21(15-20-12-13-23(31-20)17-6-4-3-5-7-17)24(28)27(26-22)19-10-8-18(9-11-19)25(29)30/h3-13,15-16H,14H2,1-2H3,(H,29,30)/b21-15-. The second-order valence-electron chi connectivity index (χ2n) is 7.74. The Labute approximate surface area is 180 Å². The van der Waals surface area contributed by atoms with Crippen LogP contribution in [0.25, 0.3) is 17.4 Å². The van der Waals surface area contributed by atoms with E-state index < -0.39 is 5.97 Å². The van der Waals surface area contributed by atoms with Crippen LogP contribution in [0.1, 0.15) is 36.4 Å². The number of carbonyl (C=O) groups is 2. The van der Waals surface area contributed by atoms with Crippen molar-refractivity contribution in [2.75, 3.05) is 5.01 Å². The van der Waals surface area contributed by atoms with Crippen LogP contribution in [-0.4, -0.2) is 22.7 Å². The fourth-order valence-corrected chi connectivity index (χ4v) is 3.39. The number of nitrogens with zero attached hydrogens (tertiary/aromatic N) is 2. The molecule has 1 aliphatic rings. The van der Waals surface area contributed by atoms with E-state index in [1.165, 1.54) is 17.1 Å². The number of carbonyl (C=O) groups excluding carboxylic acids is 1. The number of amides is 1. The summed E-state index contributed by atoms with van der Waals surface area (Å²) in [5, 5.41) is 15.0. The normalized spacial score (nSPS) is 15.1. The maximum atomic E-state index is 13.2. The third kappa shape index (κ3) is 4.33. The molecule has 0 unspecified atom stereocenters. The van der Waals surface area contributed by atoms with Crippen molar-refractivity contribution in [1.82, 2.24) is 0 Å². The highest BCUT2D eigenvalue weighted by molar-refractivity contribution is 6.32. The summed E-state index contributed by atoms with van der Waals surface area (Å²) < 4.78 is 5.95. The number of carboxylic acids is 1. The fourth-order valence-electron chi connectivity index (χ4n) is 3.39. The van der Waals surface area contributed by atoms with E-state index in [-0.39, 0.29) is 11.5 Å². The van der Waals surface area contributed by atoms with Gasteiger partial charge in [-0.3, -0.25) is 4.79 Å². The summed E-state index contributed by atoms with van der Waals surface area (Å²) in [7, 11) is 0. The predicted molar refractivity (Wildman–Crippen MR) is 120 cm³/mol. The Morgan fingerprint density at radius 2 is 1.77 bits per heavy atom. The lowest BCUT2D eigenvalue weighted by Gasteiger charge is -2.11. The maximum Gasteiger partial charge on any atom is 0.335 e. The molecular weight excluding hydrogens is 392 g/mol. The highest BCUT2D eigenvalue weighted by atomic mass is 16.4. The summed E-state index contributed by atoms with van der Waals surface area (Å²) >= 11 is 0. The molecule has 0 spiro atoms. The summed E-state index contributed by atoms with van der Waals surface area (Å²) in [6.07, 6.45) is 2.36. The maximum absolute atomic E-state index is 13.2. The molecule has 1 aliphatic heterocycles. The van der Waals surface area contributed by atoms with E-state index in [0.717, 1.165) is 11.3 Å². The van der Waals surface area contributed by atoms with Crippen molar-refractivity contribution in [3.8, 4) is 11.3 Å². The molecule has 2 aromatic carbocycles. The highest BCUT2D eigenvalue weighted by Crippen LogP contribution is 2.29. The van der Waals surface area contributed by atoms with Crippen molar-refractivity contribution in [3.05, 3.63) is 83.6 Å². The van der Waals surface area contributed by atoms with Crippen LogP contribution < -0.4 is 5.01 Å². The van der Waals surface area contributed by atoms with E-state index >= 15 is 0 Å². The minimum atomic E-state index is -1.02.